The van der Waals surface area contributed by atoms with E-state index in [1.54, 1.807) is 13.3 Å². The van der Waals surface area contributed by atoms with E-state index in [1.807, 2.05) is 6.20 Å². The molecule has 1 fully saturated rings. The Hall–Kier alpha value is -0.650. The van der Waals surface area contributed by atoms with Crippen molar-refractivity contribution in [2.45, 2.75) is 6.54 Å². The van der Waals surface area contributed by atoms with Crippen LogP contribution in [0.5, 0.6) is 5.75 Å². The fraction of sp³-hybridized carbons (Fsp3) is 0.545. The van der Waals surface area contributed by atoms with Crippen LogP contribution in [0.3, 0.4) is 0 Å². The molecule has 0 amide bonds. The first-order chi connectivity index (χ1) is 7.81. The number of aromatic nitrogens is 1. The van der Waals surface area contributed by atoms with Gasteiger partial charge in [0.25, 0.3) is 0 Å². The van der Waals surface area contributed by atoms with E-state index in [1.165, 1.54) is 5.56 Å². The average molecular weight is 286 g/mol. The minimum atomic E-state index is 0.855. The van der Waals surface area contributed by atoms with Gasteiger partial charge in [0.15, 0.2) is 0 Å². The van der Waals surface area contributed by atoms with E-state index < -0.39 is 0 Å². The van der Waals surface area contributed by atoms with Crippen LogP contribution in [0.1, 0.15) is 5.56 Å². The molecule has 4 nitrogen and oxygen atoms in total. The van der Waals surface area contributed by atoms with Crippen molar-refractivity contribution in [3.8, 4) is 5.75 Å². The molecule has 0 radical (unpaired) electrons. The summed E-state index contributed by atoms with van der Waals surface area (Å²) in [6.45, 7) is 5.19. The van der Waals surface area contributed by atoms with Crippen LogP contribution in [-0.4, -0.2) is 43.2 Å². The lowest BCUT2D eigenvalue weighted by Crippen LogP contribution is -2.43. The number of methoxy groups -OCH3 is 1. The third-order valence-corrected chi connectivity index (χ3v) is 3.46. The van der Waals surface area contributed by atoms with Crippen LogP contribution in [-0.2, 0) is 6.54 Å². The first-order valence-corrected chi connectivity index (χ1v) is 6.20. The Labute approximate surface area is 104 Å². The lowest BCUT2D eigenvalue weighted by Gasteiger charge is -2.28. The highest BCUT2D eigenvalue weighted by Crippen LogP contribution is 2.26. The van der Waals surface area contributed by atoms with E-state index in [9.17, 15) is 0 Å². The number of ether oxygens (including phenoxy) is 1. The molecule has 1 saturated heterocycles. The maximum absolute atomic E-state index is 5.33. The second kappa shape index (κ2) is 5.61. The lowest BCUT2D eigenvalue weighted by molar-refractivity contribution is 0.229. The summed E-state index contributed by atoms with van der Waals surface area (Å²) in [5.41, 5.74) is 1.18. The van der Waals surface area contributed by atoms with Crippen LogP contribution in [0.4, 0.5) is 0 Å². The molecule has 1 aromatic rings. The first kappa shape index (κ1) is 11.8. The van der Waals surface area contributed by atoms with Gasteiger partial charge in [0.05, 0.1) is 13.3 Å². The molecule has 0 bridgehead atoms. The summed E-state index contributed by atoms with van der Waals surface area (Å²) in [6, 6.07) is 0. The summed E-state index contributed by atoms with van der Waals surface area (Å²) < 4.78 is 6.35. The van der Waals surface area contributed by atoms with Crippen molar-refractivity contribution in [3.05, 3.63) is 22.4 Å². The maximum Gasteiger partial charge on any atom is 0.142 e. The number of rotatable bonds is 3. The van der Waals surface area contributed by atoms with Gasteiger partial charge >= 0.3 is 0 Å². The summed E-state index contributed by atoms with van der Waals surface area (Å²) in [5.74, 6) is 0.855. The van der Waals surface area contributed by atoms with Gasteiger partial charge in [-0.3, -0.25) is 9.88 Å². The smallest absolute Gasteiger partial charge is 0.142 e. The van der Waals surface area contributed by atoms with Crippen molar-refractivity contribution in [3.63, 3.8) is 0 Å². The highest BCUT2D eigenvalue weighted by atomic mass is 79.9. The fourth-order valence-electron chi connectivity index (χ4n) is 1.87. The minimum absolute atomic E-state index is 0.855. The molecule has 1 aromatic heterocycles. The highest BCUT2D eigenvalue weighted by molar-refractivity contribution is 9.10. The third kappa shape index (κ3) is 2.72. The van der Waals surface area contributed by atoms with Crippen LogP contribution < -0.4 is 10.1 Å². The normalized spacial score (nSPS) is 17.4. The number of piperazine rings is 1. The molecular weight excluding hydrogens is 270 g/mol. The molecule has 88 valence electrons. The maximum atomic E-state index is 5.33. The number of nitrogens with one attached hydrogen (secondary N) is 1. The number of hydrogen-bond donors (Lipinski definition) is 1. The number of hydrogen-bond acceptors (Lipinski definition) is 4. The van der Waals surface area contributed by atoms with Gasteiger partial charge in [-0.25, -0.2) is 0 Å². The zero-order valence-electron chi connectivity index (χ0n) is 9.37. The first-order valence-electron chi connectivity index (χ1n) is 5.40. The van der Waals surface area contributed by atoms with Crippen molar-refractivity contribution in [1.82, 2.24) is 15.2 Å². The Balaban J connectivity index is 2.12. The second-order valence-electron chi connectivity index (χ2n) is 3.83. The Kier molecular flexibility index (Phi) is 4.15. The van der Waals surface area contributed by atoms with E-state index in [4.69, 9.17) is 4.74 Å². The molecule has 0 aromatic carbocycles. The zero-order valence-corrected chi connectivity index (χ0v) is 11.0. The topological polar surface area (TPSA) is 37.4 Å². The van der Waals surface area contributed by atoms with Crippen molar-refractivity contribution in [1.29, 1.82) is 0 Å². The lowest BCUT2D eigenvalue weighted by atomic mass is 10.2. The van der Waals surface area contributed by atoms with E-state index in [2.05, 4.69) is 31.1 Å². The summed E-state index contributed by atoms with van der Waals surface area (Å²) in [5, 5.41) is 3.35. The summed E-state index contributed by atoms with van der Waals surface area (Å²) in [6.07, 6.45) is 3.59. The van der Waals surface area contributed by atoms with E-state index in [0.29, 0.717) is 0 Å². The van der Waals surface area contributed by atoms with Gasteiger partial charge in [0, 0.05) is 49.0 Å². The largest absolute Gasteiger partial charge is 0.495 e. The van der Waals surface area contributed by atoms with Crippen molar-refractivity contribution in [2.75, 3.05) is 33.3 Å². The molecule has 2 rings (SSSR count). The minimum Gasteiger partial charge on any atom is -0.495 e. The van der Waals surface area contributed by atoms with Gasteiger partial charge in [-0.2, -0.15) is 0 Å². The SMILES string of the molecule is COc1cncc(Br)c1CN1CCNCC1. The summed E-state index contributed by atoms with van der Waals surface area (Å²) >= 11 is 3.53. The van der Waals surface area contributed by atoms with Gasteiger partial charge in [0.2, 0.25) is 0 Å². The van der Waals surface area contributed by atoms with Gasteiger partial charge < -0.3 is 10.1 Å². The Morgan fingerprint density at radius 2 is 2.19 bits per heavy atom. The van der Waals surface area contributed by atoms with Gasteiger partial charge in [-0.1, -0.05) is 0 Å². The van der Waals surface area contributed by atoms with Gasteiger partial charge in [-0.15, -0.1) is 0 Å². The zero-order chi connectivity index (χ0) is 11.4. The van der Waals surface area contributed by atoms with Gasteiger partial charge in [-0.05, 0) is 15.9 Å². The molecule has 1 aliphatic rings. The second-order valence-corrected chi connectivity index (χ2v) is 4.68. The van der Waals surface area contributed by atoms with Crippen LogP contribution >= 0.6 is 15.9 Å². The quantitative estimate of drug-likeness (QED) is 0.907. The van der Waals surface area contributed by atoms with Crippen molar-refractivity contribution < 1.29 is 4.74 Å². The predicted molar refractivity (Wildman–Crippen MR) is 66.6 cm³/mol. The molecule has 0 saturated carbocycles. The molecule has 1 aliphatic heterocycles. The van der Waals surface area contributed by atoms with Crippen molar-refractivity contribution >= 4 is 15.9 Å². The van der Waals surface area contributed by atoms with Crippen LogP contribution in [0.2, 0.25) is 0 Å². The highest BCUT2D eigenvalue weighted by Gasteiger charge is 2.14. The Bertz CT molecular complexity index is 353. The van der Waals surface area contributed by atoms with Crippen molar-refractivity contribution in [2.24, 2.45) is 0 Å². The van der Waals surface area contributed by atoms with Crippen LogP contribution in [0.25, 0.3) is 0 Å². The summed E-state index contributed by atoms with van der Waals surface area (Å²) in [7, 11) is 1.69. The molecular formula is C11H16BrN3O. The van der Waals surface area contributed by atoms with Crippen LogP contribution in [0, 0.1) is 0 Å². The molecule has 5 heteroatoms. The van der Waals surface area contributed by atoms with Crippen LogP contribution in [0.15, 0.2) is 16.9 Å². The Morgan fingerprint density at radius 3 is 2.88 bits per heavy atom. The monoisotopic (exact) mass is 285 g/mol. The molecule has 1 N–H and O–H groups in total. The number of halogens is 1. The third-order valence-electron chi connectivity index (χ3n) is 2.78. The molecule has 0 atom stereocenters. The predicted octanol–water partition coefficient (Wildman–Crippen LogP) is 1.26. The number of nitrogens with zero attached hydrogens (tertiary/aromatic N) is 2. The van der Waals surface area contributed by atoms with Gasteiger partial charge in [0.1, 0.15) is 5.75 Å². The molecule has 16 heavy (non-hydrogen) atoms. The number of pyridine rings is 1. The molecule has 0 unspecified atom stereocenters. The molecule has 0 spiro atoms. The fourth-order valence-corrected chi connectivity index (χ4v) is 2.31. The van der Waals surface area contributed by atoms with E-state index in [0.717, 1.165) is 42.9 Å². The average Bonchev–Trinajstić information content (AvgIpc) is 2.33. The van der Waals surface area contributed by atoms with E-state index >= 15 is 0 Å². The summed E-state index contributed by atoms with van der Waals surface area (Å²) in [4.78, 5) is 6.52. The van der Waals surface area contributed by atoms with E-state index in [-0.39, 0.29) is 0 Å². The Morgan fingerprint density at radius 1 is 1.44 bits per heavy atom. The standard InChI is InChI=1S/C11H16BrN3O/c1-16-11-7-14-6-10(12)9(11)8-15-4-2-13-3-5-15/h6-7,13H,2-5,8H2,1H3. The molecule has 2 heterocycles. The molecule has 0 aliphatic carbocycles.